The largest absolute Gasteiger partial charge is 0.507 e. The maximum atomic E-state index is 13.7. The first-order valence-electron chi connectivity index (χ1n) is 12.8. The maximum absolute atomic E-state index is 13.7. The van der Waals surface area contributed by atoms with Crippen LogP contribution in [0.2, 0.25) is 0 Å². The van der Waals surface area contributed by atoms with Gasteiger partial charge in [-0.25, -0.2) is 0 Å². The van der Waals surface area contributed by atoms with Crippen LogP contribution in [0.25, 0.3) is 0 Å². The molecule has 0 amide bonds. The van der Waals surface area contributed by atoms with Crippen molar-refractivity contribution in [2.45, 2.75) is 75.8 Å². The number of aliphatic hydroxyl groups is 2. The lowest BCUT2D eigenvalue weighted by Crippen LogP contribution is -2.52. The number of fused-ring (bicyclic) bond motifs is 3. The van der Waals surface area contributed by atoms with Crippen LogP contribution in [0.1, 0.15) is 82.2 Å². The van der Waals surface area contributed by atoms with Crippen molar-refractivity contribution < 1.29 is 49.0 Å². The van der Waals surface area contributed by atoms with Gasteiger partial charge in [0, 0.05) is 48.4 Å². The summed E-state index contributed by atoms with van der Waals surface area (Å²) in [5, 5.41) is 44.5. The number of phenols is 2. The van der Waals surface area contributed by atoms with E-state index in [4.69, 9.17) is 19.9 Å². The summed E-state index contributed by atoms with van der Waals surface area (Å²) >= 11 is 0. The fourth-order valence-electron chi connectivity index (χ4n) is 5.93. The van der Waals surface area contributed by atoms with E-state index in [1.165, 1.54) is 25.3 Å². The average molecular weight is 542 g/mol. The standard InChI is InChI=1S/C28H31NO10/c1-4-17(30)28(36)9-13-20(16(10-28)39-18-8-14(29)23(31)11(2)38-18)27(35)22-21(25(13)33)24(32)12-6-5-7-15(37-3)19(12)26(22)34/h5-7,11,14,16,18,23,31,33,35-36H,4,8-10,29H2,1-3H3/t11?,14-,16-,18-,23-,28-/m0/s1. The third-order valence-corrected chi connectivity index (χ3v) is 7.98. The third-order valence-electron chi connectivity index (χ3n) is 7.98. The normalized spacial score (nSPS) is 29.8. The van der Waals surface area contributed by atoms with Gasteiger partial charge in [0.1, 0.15) is 22.8 Å². The van der Waals surface area contributed by atoms with E-state index >= 15 is 0 Å². The van der Waals surface area contributed by atoms with Crippen LogP contribution in [-0.2, 0) is 20.7 Å². The number of hydrogen-bond acceptors (Lipinski definition) is 11. The van der Waals surface area contributed by atoms with Crippen molar-refractivity contribution in [2.75, 3.05) is 7.11 Å². The number of aromatic hydroxyl groups is 2. The Morgan fingerprint density at radius 2 is 1.85 bits per heavy atom. The summed E-state index contributed by atoms with van der Waals surface area (Å²) in [7, 11) is 1.34. The Hall–Kier alpha value is -3.35. The van der Waals surface area contributed by atoms with Crippen LogP contribution in [0.5, 0.6) is 17.2 Å². The zero-order chi connectivity index (χ0) is 28.4. The quantitative estimate of drug-likeness (QED) is 0.294. The highest BCUT2D eigenvalue weighted by atomic mass is 16.7. The predicted octanol–water partition coefficient (Wildman–Crippen LogP) is 1.42. The van der Waals surface area contributed by atoms with E-state index in [2.05, 4.69) is 0 Å². The number of ketones is 3. The van der Waals surface area contributed by atoms with E-state index < -0.39 is 82.6 Å². The summed E-state index contributed by atoms with van der Waals surface area (Å²) in [6.45, 7) is 3.19. The van der Waals surface area contributed by atoms with Gasteiger partial charge in [0.15, 0.2) is 17.9 Å². The van der Waals surface area contributed by atoms with Crippen LogP contribution < -0.4 is 10.5 Å². The number of aliphatic hydroxyl groups excluding tert-OH is 1. The molecule has 2 aromatic rings. The minimum atomic E-state index is -1.99. The molecule has 6 atom stereocenters. The molecule has 0 radical (unpaired) electrons. The van der Waals surface area contributed by atoms with Gasteiger partial charge in [0.05, 0.1) is 42.1 Å². The predicted molar refractivity (Wildman–Crippen MR) is 135 cm³/mol. The smallest absolute Gasteiger partial charge is 0.202 e. The third kappa shape index (κ3) is 4.12. The van der Waals surface area contributed by atoms with Gasteiger partial charge < -0.3 is 40.4 Å². The van der Waals surface area contributed by atoms with Gasteiger partial charge >= 0.3 is 0 Å². The molecule has 11 heteroatoms. The molecule has 208 valence electrons. The Labute approximate surface area is 224 Å². The number of nitrogens with two attached hydrogens (primary N) is 1. The molecule has 1 heterocycles. The second kappa shape index (κ2) is 9.68. The van der Waals surface area contributed by atoms with Gasteiger partial charge in [-0.2, -0.15) is 0 Å². The van der Waals surface area contributed by atoms with E-state index in [9.17, 15) is 34.8 Å². The van der Waals surface area contributed by atoms with Crippen molar-refractivity contribution in [2.24, 2.45) is 5.73 Å². The molecule has 1 unspecified atom stereocenters. The highest BCUT2D eigenvalue weighted by Gasteiger charge is 2.49. The number of rotatable bonds is 5. The first kappa shape index (κ1) is 27.2. The number of ether oxygens (including phenoxy) is 3. The highest BCUT2D eigenvalue weighted by Crippen LogP contribution is 2.52. The van der Waals surface area contributed by atoms with Crippen molar-refractivity contribution in [3.63, 3.8) is 0 Å². The number of Topliss-reactive ketones (excluding diaryl/α,β-unsaturated/α-hetero) is 1. The molecule has 1 saturated heterocycles. The molecule has 1 fully saturated rings. The zero-order valence-electron chi connectivity index (χ0n) is 21.8. The van der Waals surface area contributed by atoms with Gasteiger partial charge in [0.2, 0.25) is 5.78 Å². The first-order valence-corrected chi connectivity index (χ1v) is 12.8. The Kier molecular flexibility index (Phi) is 6.76. The number of methoxy groups -OCH3 is 1. The monoisotopic (exact) mass is 541 g/mol. The van der Waals surface area contributed by atoms with Gasteiger partial charge in [-0.3, -0.25) is 14.4 Å². The number of benzene rings is 2. The van der Waals surface area contributed by atoms with Crippen LogP contribution in [0.4, 0.5) is 0 Å². The highest BCUT2D eigenvalue weighted by molar-refractivity contribution is 6.31. The molecule has 11 nitrogen and oxygen atoms in total. The summed E-state index contributed by atoms with van der Waals surface area (Å²) in [5.41, 5.74) is 3.03. The van der Waals surface area contributed by atoms with Crippen molar-refractivity contribution in [1.29, 1.82) is 0 Å². The topological polar surface area (TPSA) is 186 Å². The molecular weight excluding hydrogens is 510 g/mol. The van der Waals surface area contributed by atoms with Gasteiger partial charge in [-0.1, -0.05) is 19.1 Å². The number of phenolic OH excluding ortho intramolecular Hbond substituents is 2. The van der Waals surface area contributed by atoms with Crippen molar-refractivity contribution in [1.82, 2.24) is 0 Å². The van der Waals surface area contributed by atoms with Gasteiger partial charge in [0.25, 0.3) is 0 Å². The number of carbonyl (C=O) groups is 3. The Balaban J connectivity index is 1.69. The van der Waals surface area contributed by atoms with E-state index in [0.717, 1.165) is 0 Å². The van der Waals surface area contributed by atoms with E-state index in [0.29, 0.717) is 0 Å². The summed E-state index contributed by atoms with van der Waals surface area (Å²) in [4.78, 5) is 40.1. The van der Waals surface area contributed by atoms with Crippen LogP contribution in [0.15, 0.2) is 18.2 Å². The fraction of sp³-hybridized carbons (Fsp3) is 0.464. The lowest BCUT2D eigenvalue weighted by Gasteiger charge is -2.42. The molecule has 0 aromatic heterocycles. The lowest BCUT2D eigenvalue weighted by molar-refractivity contribution is -0.247. The van der Waals surface area contributed by atoms with Crippen molar-refractivity contribution in [3.05, 3.63) is 51.6 Å². The molecule has 1 aliphatic heterocycles. The Bertz CT molecular complexity index is 1380. The molecule has 2 aromatic carbocycles. The van der Waals surface area contributed by atoms with Crippen LogP contribution >= 0.6 is 0 Å². The minimum absolute atomic E-state index is 0.0119. The van der Waals surface area contributed by atoms with E-state index in [1.807, 2.05) is 0 Å². The fourth-order valence-corrected chi connectivity index (χ4v) is 5.93. The van der Waals surface area contributed by atoms with E-state index in [-0.39, 0.29) is 47.3 Å². The molecule has 39 heavy (non-hydrogen) atoms. The second-order valence-corrected chi connectivity index (χ2v) is 10.4. The second-order valence-electron chi connectivity index (χ2n) is 10.4. The molecule has 0 saturated carbocycles. The van der Waals surface area contributed by atoms with Crippen LogP contribution in [0, 0.1) is 0 Å². The molecule has 0 bridgehead atoms. The van der Waals surface area contributed by atoms with Gasteiger partial charge in [-0.15, -0.1) is 0 Å². The maximum Gasteiger partial charge on any atom is 0.202 e. The van der Waals surface area contributed by atoms with Gasteiger partial charge in [-0.05, 0) is 13.0 Å². The van der Waals surface area contributed by atoms with Crippen LogP contribution in [0.3, 0.4) is 0 Å². The number of carbonyl (C=O) groups excluding carboxylic acids is 3. The lowest BCUT2D eigenvalue weighted by atomic mass is 9.71. The summed E-state index contributed by atoms with van der Waals surface area (Å²) in [6.07, 6.45) is -4.53. The molecule has 3 aliphatic rings. The Morgan fingerprint density at radius 1 is 1.15 bits per heavy atom. The van der Waals surface area contributed by atoms with E-state index in [1.54, 1.807) is 13.8 Å². The van der Waals surface area contributed by atoms with Crippen molar-refractivity contribution in [3.8, 4) is 17.2 Å². The molecule has 0 spiro atoms. The summed E-state index contributed by atoms with van der Waals surface area (Å²) < 4.78 is 17.1. The van der Waals surface area contributed by atoms with Crippen LogP contribution in [-0.4, -0.2) is 75.0 Å². The molecule has 6 N–H and O–H groups in total. The minimum Gasteiger partial charge on any atom is -0.507 e. The SMILES string of the molecule is CCC(=O)[C@]1(O)Cc2c(O)c3c(c(O)c2[C@@H](O[C@H]2C[C@H](N)[C@@H](O)C(C)O2)C1)C(=O)c1c(OC)cccc1C3=O. The summed E-state index contributed by atoms with van der Waals surface area (Å²) in [5.74, 6) is -3.07. The first-order chi connectivity index (χ1) is 18.4. The average Bonchev–Trinajstić information content (AvgIpc) is 2.90. The molecule has 5 rings (SSSR count). The van der Waals surface area contributed by atoms with Crippen molar-refractivity contribution >= 4 is 17.3 Å². The number of hydrogen-bond donors (Lipinski definition) is 5. The summed E-state index contributed by atoms with van der Waals surface area (Å²) in [6, 6.07) is 3.76. The Morgan fingerprint density at radius 3 is 2.49 bits per heavy atom. The molecular formula is C28H31NO10. The molecule has 2 aliphatic carbocycles. The zero-order valence-corrected chi connectivity index (χ0v) is 21.8.